The molecule has 0 saturated heterocycles. The molecule has 79 heavy (non-hydrogen) atoms. The zero-order valence-electron chi connectivity index (χ0n) is 44.0. The van der Waals surface area contributed by atoms with Gasteiger partial charge in [-0.1, -0.05) is 220 Å². The molecule has 2 heteroatoms. The van der Waals surface area contributed by atoms with Gasteiger partial charge in [0, 0.05) is 39.5 Å². The van der Waals surface area contributed by atoms with Crippen molar-refractivity contribution in [3.05, 3.63) is 290 Å². The molecule has 15 aromatic carbocycles. The van der Waals surface area contributed by atoms with E-state index in [1.54, 1.807) is 0 Å². The highest BCUT2D eigenvalue weighted by molar-refractivity contribution is 6.25. The fourth-order valence-electron chi connectivity index (χ4n) is 13.4. The average Bonchev–Trinajstić information content (AvgIpc) is 3.70. The van der Waals surface area contributed by atoms with Crippen molar-refractivity contribution in [3.63, 3.8) is 0 Å². The highest BCUT2D eigenvalue weighted by Crippen LogP contribution is 2.56. The highest BCUT2D eigenvalue weighted by Gasteiger charge is 2.37. The van der Waals surface area contributed by atoms with E-state index in [0.717, 1.165) is 34.1 Å². The van der Waals surface area contributed by atoms with Crippen LogP contribution >= 0.6 is 0 Å². The molecule has 16 rings (SSSR count). The predicted molar refractivity (Wildman–Crippen MR) is 339 cm³/mol. The smallest absolute Gasteiger partial charge is 0.0468 e. The van der Waals surface area contributed by atoms with Gasteiger partial charge in [-0.2, -0.15) is 0 Å². The van der Waals surface area contributed by atoms with Crippen molar-refractivity contribution in [3.8, 4) is 22.3 Å². The van der Waals surface area contributed by atoms with Crippen LogP contribution in [0, 0.1) is 0 Å². The molecule has 1 aliphatic rings. The molecular weight excluding hydrogens is 953 g/mol. The van der Waals surface area contributed by atoms with Crippen molar-refractivity contribution in [2.24, 2.45) is 0 Å². The summed E-state index contributed by atoms with van der Waals surface area (Å²) in [6, 6.07) is 104. The van der Waals surface area contributed by atoms with Crippen LogP contribution in [0.25, 0.3) is 108 Å². The summed E-state index contributed by atoms with van der Waals surface area (Å²) in [5.41, 5.74) is 14.0. The van der Waals surface area contributed by atoms with Crippen LogP contribution in [0.2, 0.25) is 0 Å². The Kier molecular flexibility index (Phi) is 10.0. The van der Waals surface area contributed by atoms with Crippen LogP contribution in [0.4, 0.5) is 34.1 Å². The minimum atomic E-state index is -0.364. The van der Waals surface area contributed by atoms with Gasteiger partial charge in [0.2, 0.25) is 0 Å². The molecular formula is C77H52N2. The molecule has 0 unspecified atom stereocenters. The molecule has 0 aromatic heterocycles. The first kappa shape index (κ1) is 45.2. The summed E-state index contributed by atoms with van der Waals surface area (Å²) in [5, 5.41) is 19.9. The summed E-state index contributed by atoms with van der Waals surface area (Å²) < 4.78 is 0. The van der Waals surface area contributed by atoms with E-state index in [9.17, 15) is 0 Å². The van der Waals surface area contributed by atoms with Gasteiger partial charge in [-0.3, -0.25) is 0 Å². The first-order valence-electron chi connectivity index (χ1n) is 27.6. The maximum atomic E-state index is 2.50. The summed E-state index contributed by atoms with van der Waals surface area (Å²) in [5.74, 6) is 0. The molecule has 0 heterocycles. The number of anilines is 6. The van der Waals surface area contributed by atoms with Crippen LogP contribution in [0.5, 0.6) is 0 Å². The second-order valence-electron chi connectivity index (χ2n) is 22.0. The zero-order valence-corrected chi connectivity index (χ0v) is 44.0. The molecule has 0 bridgehead atoms. The van der Waals surface area contributed by atoms with Gasteiger partial charge < -0.3 is 9.80 Å². The van der Waals surface area contributed by atoms with Crippen LogP contribution in [0.15, 0.2) is 279 Å². The van der Waals surface area contributed by atoms with Gasteiger partial charge in [0.15, 0.2) is 0 Å². The van der Waals surface area contributed by atoms with Crippen molar-refractivity contribution in [2.75, 3.05) is 9.80 Å². The summed E-state index contributed by atoms with van der Waals surface area (Å²) in [6.07, 6.45) is 0. The molecule has 0 fully saturated rings. The number of benzene rings is 15. The van der Waals surface area contributed by atoms with Crippen LogP contribution in [-0.4, -0.2) is 0 Å². The van der Waals surface area contributed by atoms with E-state index in [-0.39, 0.29) is 5.41 Å². The van der Waals surface area contributed by atoms with Gasteiger partial charge in [0.1, 0.15) is 0 Å². The Morgan fingerprint density at radius 2 is 0.646 bits per heavy atom. The Hall–Kier alpha value is -10.0. The van der Waals surface area contributed by atoms with Gasteiger partial charge in [-0.25, -0.2) is 0 Å². The lowest BCUT2D eigenvalue weighted by Crippen LogP contribution is -2.24. The lowest BCUT2D eigenvalue weighted by Gasteiger charge is -2.38. The summed E-state index contributed by atoms with van der Waals surface area (Å²) in [7, 11) is 0. The molecule has 15 aromatic rings. The number of hydrogen-bond acceptors (Lipinski definition) is 2. The van der Waals surface area contributed by atoms with Crippen molar-refractivity contribution in [2.45, 2.75) is 19.3 Å². The molecule has 370 valence electrons. The lowest BCUT2D eigenvalue weighted by molar-refractivity contribution is 0.645. The Bertz CT molecular complexity index is 5010. The largest absolute Gasteiger partial charge is 0.310 e. The van der Waals surface area contributed by atoms with Gasteiger partial charge in [-0.15, -0.1) is 0 Å². The molecule has 0 aliphatic heterocycles. The summed E-state index contributed by atoms with van der Waals surface area (Å²) in [4.78, 5) is 4.93. The van der Waals surface area contributed by atoms with Crippen molar-refractivity contribution >= 4 is 120 Å². The monoisotopic (exact) mass is 1000 g/mol. The second-order valence-corrected chi connectivity index (χ2v) is 22.0. The van der Waals surface area contributed by atoms with Gasteiger partial charge in [0.05, 0.1) is 0 Å². The molecule has 0 N–H and O–H groups in total. The third-order valence-corrected chi connectivity index (χ3v) is 17.3. The topological polar surface area (TPSA) is 6.48 Å². The molecule has 0 radical (unpaired) electrons. The molecule has 0 amide bonds. The summed E-state index contributed by atoms with van der Waals surface area (Å²) in [6.45, 7) is 4.87. The van der Waals surface area contributed by atoms with E-state index in [2.05, 4.69) is 303 Å². The number of nitrogens with zero attached hydrogens (tertiary/aromatic N) is 2. The Morgan fingerprint density at radius 1 is 0.241 bits per heavy atom. The molecule has 1 aliphatic carbocycles. The third-order valence-electron chi connectivity index (χ3n) is 17.3. The number of fused-ring (bicyclic) bond motifs is 12. The standard InChI is InChI=1S/C77H52N2/c1-77(2)72-26-14-25-66-71-47-62(78(58-35-31-49-15-6-8-21-56(49)43-58)60-37-33-53-29-27-51-17-10-12-23-64(51)69(53)45-60)39-41-67(71)74(55-19-4-3-5-20-55)76(75(66)72)68-42-40-63(48-73(68)77)79(59-36-32-50-16-7-9-22-57(50)44-59)61-38-34-54-30-28-52-18-11-13-24-65(52)70(54)46-61/h3-48H,1-2H3. The Balaban J connectivity index is 0.931. The first-order valence-corrected chi connectivity index (χ1v) is 27.6. The van der Waals surface area contributed by atoms with Crippen molar-refractivity contribution in [1.82, 2.24) is 0 Å². The summed E-state index contributed by atoms with van der Waals surface area (Å²) >= 11 is 0. The fourth-order valence-corrected chi connectivity index (χ4v) is 13.4. The Labute approximate surface area is 459 Å². The SMILES string of the molecule is CC1(C)c2cc(N(c3ccc4ccccc4c3)c3ccc4ccc5ccccc5c4c3)ccc2-c2c(-c3ccccc3)c3ccc(N(c4ccc5ccccc5c4)c4ccc5ccc6ccccc6c5c4)cc3c3cccc1c23. The first-order chi connectivity index (χ1) is 38.9. The van der Waals surface area contributed by atoms with E-state index >= 15 is 0 Å². The van der Waals surface area contributed by atoms with Crippen LogP contribution < -0.4 is 9.80 Å². The quantitative estimate of drug-likeness (QED) is 0.147. The molecule has 2 nitrogen and oxygen atoms in total. The zero-order chi connectivity index (χ0) is 52.3. The lowest BCUT2D eigenvalue weighted by atomic mass is 9.66. The molecule has 0 saturated carbocycles. The van der Waals surface area contributed by atoms with Gasteiger partial charge in [0.25, 0.3) is 0 Å². The number of rotatable bonds is 7. The van der Waals surface area contributed by atoms with Crippen molar-refractivity contribution in [1.29, 1.82) is 0 Å². The van der Waals surface area contributed by atoms with Crippen LogP contribution in [0.3, 0.4) is 0 Å². The van der Waals surface area contributed by atoms with Crippen molar-refractivity contribution < 1.29 is 0 Å². The highest BCUT2D eigenvalue weighted by atomic mass is 15.1. The van der Waals surface area contributed by atoms with Gasteiger partial charge in [-0.05, 0) is 192 Å². The second kappa shape index (κ2) is 17.5. The number of hydrogen-bond donors (Lipinski definition) is 0. The van der Waals surface area contributed by atoms with E-state index < -0.39 is 0 Å². The minimum absolute atomic E-state index is 0.364. The minimum Gasteiger partial charge on any atom is -0.310 e. The Morgan fingerprint density at radius 3 is 1.22 bits per heavy atom. The normalized spacial score (nSPS) is 12.8. The van der Waals surface area contributed by atoms with Crippen LogP contribution in [-0.2, 0) is 5.41 Å². The van der Waals surface area contributed by atoms with Gasteiger partial charge >= 0.3 is 0 Å². The van der Waals surface area contributed by atoms with E-state index in [1.807, 2.05) is 0 Å². The molecule has 0 spiro atoms. The van der Waals surface area contributed by atoms with E-state index in [4.69, 9.17) is 0 Å². The predicted octanol–water partition coefficient (Wildman–Crippen LogP) is 21.8. The third kappa shape index (κ3) is 7.11. The maximum absolute atomic E-state index is 2.50. The van der Waals surface area contributed by atoms with E-state index in [0.29, 0.717) is 0 Å². The van der Waals surface area contributed by atoms with Crippen LogP contribution in [0.1, 0.15) is 25.0 Å². The fraction of sp³-hybridized carbons (Fsp3) is 0.0390. The average molecular weight is 1010 g/mol. The molecule has 0 atom stereocenters. The van der Waals surface area contributed by atoms with E-state index in [1.165, 1.54) is 120 Å². The maximum Gasteiger partial charge on any atom is 0.0468 e.